The molecule has 15 heavy (non-hydrogen) atoms. The Morgan fingerprint density at radius 2 is 2.00 bits per heavy atom. The Bertz CT molecular complexity index is 216. The average Bonchev–Trinajstić information content (AvgIpc) is 2.21. The highest BCUT2D eigenvalue weighted by molar-refractivity contribution is 5.72. The van der Waals surface area contributed by atoms with Gasteiger partial charge in [-0.05, 0) is 37.0 Å². The molecule has 0 aromatic rings. The Kier molecular flexibility index (Phi) is 4.14. The molecule has 0 saturated heterocycles. The van der Waals surface area contributed by atoms with Crippen LogP contribution in [-0.2, 0) is 9.53 Å². The molecule has 0 aromatic carbocycles. The molecule has 3 heteroatoms. The Morgan fingerprint density at radius 3 is 2.40 bits per heavy atom. The van der Waals surface area contributed by atoms with Gasteiger partial charge in [-0.25, -0.2) is 0 Å². The Morgan fingerprint density at radius 1 is 1.47 bits per heavy atom. The van der Waals surface area contributed by atoms with Crippen molar-refractivity contribution < 1.29 is 9.53 Å². The topological polar surface area (TPSA) is 52.3 Å². The lowest BCUT2D eigenvalue weighted by atomic mass is 9.69. The molecule has 1 fully saturated rings. The SMILES string of the molecule is COC(=O)C(CN)C1CCC(C)(C)CC1. The fourth-order valence-electron chi connectivity index (χ4n) is 2.46. The van der Waals surface area contributed by atoms with E-state index in [-0.39, 0.29) is 11.9 Å². The van der Waals surface area contributed by atoms with Crippen molar-refractivity contribution in [3.8, 4) is 0 Å². The Labute approximate surface area is 92.4 Å². The van der Waals surface area contributed by atoms with E-state index in [4.69, 9.17) is 10.5 Å². The molecule has 3 nitrogen and oxygen atoms in total. The lowest BCUT2D eigenvalue weighted by molar-refractivity contribution is -0.147. The van der Waals surface area contributed by atoms with E-state index in [1.165, 1.54) is 20.0 Å². The fourth-order valence-corrected chi connectivity index (χ4v) is 2.46. The van der Waals surface area contributed by atoms with E-state index in [0.717, 1.165) is 12.8 Å². The van der Waals surface area contributed by atoms with Crippen LogP contribution in [0.3, 0.4) is 0 Å². The van der Waals surface area contributed by atoms with Gasteiger partial charge in [-0.15, -0.1) is 0 Å². The van der Waals surface area contributed by atoms with Crippen LogP contribution in [0.25, 0.3) is 0 Å². The molecule has 0 aromatic heterocycles. The van der Waals surface area contributed by atoms with Crippen molar-refractivity contribution in [1.29, 1.82) is 0 Å². The predicted molar refractivity (Wildman–Crippen MR) is 60.3 cm³/mol. The van der Waals surface area contributed by atoms with Crippen molar-refractivity contribution in [1.82, 2.24) is 0 Å². The van der Waals surface area contributed by atoms with Crippen LogP contribution in [0.5, 0.6) is 0 Å². The van der Waals surface area contributed by atoms with Gasteiger partial charge in [-0.2, -0.15) is 0 Å². The molecule has 0 bridgehead atoms. The number of nitrogens with two attached hydrogens (primary N) is 1. The monoisotopic (exact) mass is 213 g/mol. The molecule has 1 aliphatic carbocycles. The first kappa shape index (κ1) is 12.5. The summed E-state index contributed by atoms with van der Waals surface area (Å²) in [5.74, 6) is 0.198. The zero-order chi connectivity index (χ0) is 11.5. The van der Waals surface area contributed by atoms with E-state index < -0.39 is 0 Å². The van der Waals surface area contributed by atoms with Gasteiger partial charge in [0.1, 0.15) is 0 Å². The molecule has 0 radical (unpaired) electrons. The summed E-state index contributed by atoms with van der Waals surface area (Å²) in [6.45, 7) is 5.00. The van der Waals surface area contributed by atoms with Gasteiger partial charge < -0.3 is 10.5 Å². The summed E-state index contributed by atoms with van der Waals surface area (Å²) in [5.41, 5.74) is 6.08. The van der Waals surface area contributed by atoms with Crippen molar-refractivity contribution >= 4 is 5.97 Å². The predicted octanol–water partition coefficient (Wildman–Crippen LogP) is 1.95. The largest absolute Gasteiger partial charge is 0.469 e. The van der Waals surface area contributed by atoms with Crippen molar-refractivity contribution in [2.24, 2.45) is 23.0 Å². The van der Waals surface area contributed by atoms with Gasteiger partial charge in [0.15, 0.2) is 0 Å². The highest BCUT2D eigenvalue weighted by atomic mass is 16.5. The number of carbonyl (C=O) groups is 1. The van der Waals surface area contributed by atoms with Crippen LogP contribution in [0, 0.1) is 17.3 Å². The maximum Gasteiger partial charge on any atom is 0.310 e. The van der Waals surface area contributed by atoms with E-state index in [2.05, 4.69) is 13.8 Å². The van der Waals surface area contributed by atoms with Crippen LogP contribution in [-0.4, -0.2) is 19.6 Å². The van der Waals surface area contributed by atoms with Crippen molar-refractivity contribution in [2.75, 3.05) is 13.7 Å². The number of hydrogen-bond acceptors (Lipinski definition) is 3. The van der Waals surface area contributed by atoms with Crippen LogP contribution in [0.1, 0.15) is 39.5 Å². The molecule has 0 aliphatic heterocycles. The van der Waals surface area contributed by atoms with Crippen molar-refractivity contribution in [3.63, 3.8) is 0 Å². The molecule has 1 rings (SSSR count). The minimum Gasteiger partial charge on any atom is -0.469 e. The number of ether oxygens (including phenoxy) is 1. The standard InChI is InChI=1S/C12H23NO2/c1-12(2)6-4-9(5-7-12)10(8-13)11(14)15-3/h9-10H,4-8,13H2,1-3H3. The van der Waals surface area contributed by atoms with E-state index in [9.17, 15) is 4.79 Å². The quantitative estimate of drug-likeness (QED) is 0.729. The maximum atomic E-state index is 11.5. The van der Waals surface area contributed by atoms with Crippen molar-refractivity contribution in [2.45, 2.75) is 39.5 Å². The third-order valence-corrected chi connectivity index (χ3v) is 3.71. The highest BCUT2D eigenvalue weighted by Crippen LogP contribution is 2.40. The third kappa shape index (κ3) is 3.20. The van der Waals surface area contributed by atoms with Crippen LogP contribution in [0.2, 0.25) is 0 Å². The van der Waals surface area contributed by atoms with Gasteiger partial charge in [-0.3, -0.25) is 4.79 Å². The highest BCUT2D eigenvalue weighted by Gasteiger charge is 2.34. The first-order valence-corrected chi connectivity index (χ1v) is 5.78. The average molecular weight is 213 g/mol. The van der Waals surface area contributed by atoms with Gasteiger partial charge in [-0.1, -0.05) is 13.8 Å². The van der Waals surface area contributed by atoms with Crippen molar-refractivity contribution in [3.05, 3.63) is 0 Å². The molecular formula is C12H23NO2. The molecule has 88 valence electrons. The summed E-state index contributed by atoms with van der Waals surface area (Å²) in [7, 11) is 1.44. The maximum absolute atomic E-state index is 11.5. The number of rotatable bonds is 3. The lowest BCUT2D eigenvalue weighted by Crippen LogP contribution is -2.35. The zero-order valence-electron chi connectivity index (χ0n) is 10.1. The summed E-state index contributed by atoms with van der Waals surface area (Å²) in [4.78, 5) is 11.5. The minimum atomic E-state index is -0.137. The second kappa shape index (κ2) is 4.97. The number of methoxy groups -OCH3 is 1. The van der Waals surface area contributed by atoms with E-state index in [1.54, 1.807) is 0 Å². The number of esters is 1. The third-order valence-electron chi connectivity index (χ3n) is 3.71. The second-order valence-electron chi connectivity index (χ2n) is 5.37. The Balaban J connectivity index is 2.54. The fraction of sp³-hybridized carbons (Fsp3) is 0.917. The number of carbonyl (C=O) groups excluding carboxylic acids is 1. The first-order chi connectivity index (χ1) is 7.00. The summed E-state index contributed by atoms with van der Waals surface area (Å²) < 4.78 is 4.79. The lowest BCUT2D eigenvalue weighted by Gasteiger charge is -2.36. The minimum absolute atomic E-state index is 0.0916. The van der Waals surface area contributed by atoms with Gasteiger partial charge in [0.2, 0.25) is 0 Å². The van der Waals surface area contributed by atoms with E-state index in [0.29, 0.717) is 17.9 Å². The summed E-state index contributed by atoms with van der Waals surface area (Å²) >= 11 is 0. The molecule has 0 amide bonds. The second-order valence-corrected chi connectivity index (χ2v) is 5.37. The number of hydrogen-bond donors (Lipinski definition) is 1. The molecule has 0 heterocycles. The van der Waals surface area contributed by atoms with Gasteiger partial charge in [0, 0.05) is 6.54 Å². The van der Waals surface area contributed by atoms with Crippen LogP contribution in [0.4, 0.5) is 0 Å². The van der Waals surface area contributed by atoms with Crippen LogP contribution >= 0.6 is 0 Å². The summed E-state index contributed by atoms with van der Waals surface area (Å²) in [5, 5.41) is 0. The first-order valence-electron chi connectivity index (χ1n) is 5.78. The van der Waals surface area contributed by atoms with Crippen LogP contribution in [0.15, 0.2) is 0 Å². The molecule has 1 unspecified atom stereocenters. The summed E-state index contributed by atoms with van der Waals surface area (Å²) in [6, 6.07) is 0. The van der Waals surface area contributed by atoms with Gasteiger partial charge in [0.05, 0.1) is 13.0 Å². The summed E-state index contributed by atoms with van der Waals surface area (Å²) in [6.07, 6.45) is 4.57. The normalized spacial score (nSPS) is 23.5. The molecule has 2 N–H and O–H groups in total. The van der Waals surface area contributed by atoms with E-state index >= 15 is 0 Å². The molecular weight excluding hydrogens is 190 g/mol. The van der Waals surface area contributed by atoms with E-state index in [1.807, 2.05) is 0 Å². The molecule has 0 spiro atoms. The molecule has 1 aliphatic rings. The molecule has 1 saturated carbocycles. The molecule has 1 atom stereocenters. The Hall–Kier alpha value is -0.570. The van der Waals surface area contributed by atoms with Crippen LogP contribution < -0.4 is 5.73 Å². The van der Waals surface area contributed by atoms with Gasteiger partial charge >= 0.3 is 5.97 Å². The zero-order valence-corrected chi connectivity index (χ0v) is 10.1. The smallest absolute Gasteiger partial charge is 0.310 e. The van der Waals surface area contributed by atoms with Gasteiger partial charge in [0.25, 0.3) is 0 Å².